The van der Waals surface area contributed by atoms with E-state index in [9.17, 15) is 0 Å². The Hall–Kier alpha value is -1.00. The molecule has 0 aliphatic heterocycles. The Morgan fingerprint density at radius 1 is 1.00 bits per heavy atom. The predicted octanol–water partition coefficient (Wildman–Crippen LogP) is 3.08. The van der Waals surface area contributed by atoms with E-state index in [1.165, 1.54) is 10.8 Å². The second kappa shape index (κ2) is 4.48. The molecule has 2 aromatic rings. The summed E-state index contributed by atoms with van der Waals surface area (Å²) in [5, 5.41) is 0. The molecule has 0 radical (unpaired) electrons. The largest absolute Gasteiger partial charge is 0.237 e. The van der Waals surface area contributed by atoms with Crippen molar-refractivity contribution in [2.45, 2.75) is 4.90 Å². The van der Waals surface area contributed by atoms with Gasteiger partial charge in [0.2, 0.25) is 0 Å². The van der Waals surface area contributed by atoms with Crippen LogP contribution in [0.1, 0.15) is 0 Å². The van der Waals surface area contributed by atoms with Gasteiger partial charge in [-0.3, -0.25) is 0 Å². The Morgan fingerprint density at radius 3 is 2.21 bits per heavy atom. The molecule has 70 valence electrons. The minimum atomic E-state index is 0.753. The molecule has 0 aliphatic rings. The van der Waals surface area contributed by atoms with Gasteiger partial charge in [-0.05, 0) is 18.2 Å². The standard InChI is InChI=1S/C10H8N2S2/c13-14-9-4-2-8(3-5-9)10-11-6-1-7-12-10/h1-7,13H. The van der Waals surface area contributed by atoms with Crippen LogP contribution in [-0.2, 0) is 0 Å². The molecule has 0 unspecified atom stereocenters. The molecule has 0 amide bonds. The van der Waals surface area contributed by atoms with Crippen LogP contribution in [0, 0.1) is 0 Å². The van der Waals surface area contributed by atoms with Crippen molar-refractivity contribution in [1.82, 2.24) is 9.97 Å². The number of thiol groups is 1. The molecule has 0 atom stereocenters. The fourth-order valence-corrected chi connectivity index (χ4v) is 1.74. The number of nitrogens with zero attached hydrogens (tertiary/aromatic N) is 2. The zero-order valence-corrected chi connectivity index (χ0v) is 9.00. The average Bonchev–Trinajstić information content (AvgIpc) is 2.30. The van der Waals surface area contributed by atoms with E-state index in [1.54, 1.807) is 18.5 Å². The number of benzene rings is 1. The number of hydrogen-bond donors (Lipinski definition) is 1. The van der Waals surface area contributed by atoms with E-state index in [2.05, 4.69) is 21.6 Å². The van der Waals surface area contributed by atoms with E-state index in [4.69, 9.17) is 0 Å². The third-order valence-electron chi connectivity index (χ3n) is 1.78. The molecular formula is C10H8N2S2. The van der Waals surface area contributed by atoms with Crippen molar-refractivity contribution in [2.24, 2.45) is 0 Å². The van der Waals surface area contributed by atoms with Gasteiger partial charge in [-0.15, -0.1) is 11.7 Å². The van der Waals surface area contributed by atoms with Crippen LogP contribution in [-0.4, -0.2) is 9.97 Å². The first-order valence-electron chi connectivity index (χ1n) is 4.09. The summed E-state index contributed by atoms with van der Waals surface area (Å²) in [6.45, 7) is 0. The van der Waals surface area contributed by atoms with Crippen molar-refractivity contribution in [3.63, 3.8) is 0 Å². The molecule has 1 aromatic carbocycles. The quantitative estimate of drug-likeness (QED) is 0.622. The summed E-state index contributed by atoms with van der Waals surface area (Å²) in [4.78, 5) is 9.45. The van der Waals surface area contributed by atoms with Gasteiger partial charge in [0.05, 0.1) is 0 Å². The van der Waals surface area contributed by atoms with Crippen molar-refractivity contribution < 1.29 is 0 Å². The lowest BCUT2D eigenvalue weighted by Crippen LogP contribution is -1.85. The Morgan fingerprint density at radius 2 is 1.64 bits per heavy atom. The maximum atomic E-state index is 4.17. The van der Waals surface area contributed by atoms with E-state index in [0.29, 0.717) is 0 Å². The summed E-state index contributed by atoms with van der Waals surface area (Å²) in [5.41, 5.74) is 1.02. The van der Waals surface area contributed by atoms with Gasteiger partial charge in [0.1, 0.15) is 0 Å². The van der Waals surface area contributed by atoms with E-state index >= 15 is 0 Å². The van der Waals surface area contributed by atoms with Crippen LogP contribution in [0.4, 0.5) is 0 Å². The van der Waals surface area contributed by atoms with Gasteiger partial charge in [-0.2, -0.15) is 0 Å². The Bertz CT molecular complexity index is 400. The third-order valence-corrected chi connectivity index (χ3v) is 2.90. The molecule has 2 nitrogen and oxygen atoms in total. The molecule has 2 rings (SSSR count). The first kappa shape index (κ1) is 9.55. The number of aromatic nitrogens is 2. The molecule has 0 fully saturated rings. The van der Waals surface area contributed by atoms with Gasteiger partial charge in [0.15, 0.2) is 5.82 Å². The Kier molecular flexibility index (Phi) is 3.06. The zero-order valence-electron chi connectivity index (χ0n) is 7.29. The molecule has 0 saturated carbocycles. The first-order valence-corrected chi connectivity index (χ1v) is 5.96. The van der Waals surface area contributed by atoms with Gasteiger partial charge >= 0.3 is 0 Å². The van der Waals surface area contributed by atoms with Crippen LogP contribution in [0.5, 0.6) is 0 Å². The molecule has 0 spiro atoms. The minimum absolute atomic E-state index is 0.753. The van der Waals surface area contributed by atoms with Crippen LogP contribution in [0.25, 0.3) is 11.4 Å². The fraction of sp³-hybridized carbons (Fsp3) is 0. The summed E-state index contributed by atoms with van der Waals surface area (Å²) >= 11 is 4.12. The topological polar surface area (TPSA) is 25.8 Å². The zero-order chi connectivity index (χ0) is 9.80. The van der Waals surface area contributed by atoms with Gasteiger partial charge in [-0.25, -0.2) is 9.97 Å². The lowest BCUT2D eigenvalue weighted by atomic mass is 10.2. The lowest BCUT2D eigenvalue weighted by Gasteiger charge is -1.99. The highest BCUT2D eigenvalue weighted by atomic mass is 33.1. The highest BCUT2D eigenvalue weighted by Gasteiger charge is 1.98. The van der Waals surface area contributed by atoms with Crippen LogP contribution in [0.2, 0.25) is 0 Å². The van der Waals surface area contributed by atoms with Crippen molar-refractivity contribution in [2.75, 3.05) is 0 Å². The maximum Gasteiger partial charge on any atom is 0.159 e. The van der Waals surface area contributed by atoms with Crippen LogP contribution >= 0.6 is 22.5 Å². The normalized spacial score (nSPS) is 10.1. The second-order valence-electron chi connectivity index (χ2n) is 2.69. The smallest absolute Gasteiger partial charge is 0.159 e. The molecular weight excluding hydrogens is 212 g/mol. The fourth-order valence-electron chi connectivity index (χ4n) is 1.11. The lowest BCUT2D eigenvalue weighted by molar-refractivity contribution is 1.17. The molecule has 0 saturated heterocycles. The first-order chi connectivity index (χ1) is 6.90. The molecule has 0 bridgehead atoms. The molecule has 1 heterocycles. The van der Waals surface area contributed by atoms with E-state index in [0.717, 1.165) is 16.3 Å². The number of hydrogen-bond acceptors (Lipinski definition) is 4. The maximum absolute atomic E-state index is 4.17. The summed E-state index contributed by atoms with van der Waals surface area (Å²) < 4.78 is 0. The molecule has 4 heteroatoms. The molecule has 1 aromatic heterocycles. The van der Waals surface area contributed by atoms with Crippen molar-refractivity contribution in [1.29, 1.82) is 0 Å². The average molecular weight is 220 g/mol. The Labute approximate surface area is 91.6 Å². The third kappa shape index (κ3) is 2.08. The Balaban J connectivity index is 2.34. The van der Waals surface area contributed by atoms with Gasteiger partial charge in [0.25, 0.3) is 0 Å². The predicted molar refractivity (Wildman–Crippen MR) is 62.3 cm³/mol. The van der Waals surface area contributed by atoms with Crippen LogP contribution < -0.4 is 0 Å². The summed E-state index contributed by atoms with van der Waals surface area (Å²) in [6.07, 6.45) is 3.48. The highest BCUT2D eigenvalue weighted by Crippen LogP contribution is 2.23. The monoisotopic (exact) mass is 220 g/mol. The summed E-state index contributed by atoms with van der Waals surface area (Å²) in [5.74, 6) is 0.753. The van der Waals surface area contributed by atoms with E-state index < -0.39 is 0 Å². The highest BCUT2D eigenvalue weighted by molar-refractivity contribution is 8.68. The van der Waals surface area contributed by atoms with Crippen molar-refractivity contribution in [3.05, 3.63) is 42.7 Å². The van der Waals surface area contributed by atoms with Gasteiger partial charge in [-0.1, -0.05) is 22.9 Å². The van der Waals surface area contributed by atoms with Crippen molar-refractivity contribution in [3.8, 4) is 11.4 Å². The summed E-state index contributed by atoms with van der Waals surface area (Å²) in [6, 6.07) is 9.80. The van der Waals surface area contributed by atoms with Gasteiger partial charge < -0.3 is 0 Å². The minimum Gasteiger partial charge on any atom is -0.237 e. The second-order valence-corrected chi connectivity index (χ2v) is 3.89. The van der Waals surface area contributed by atoms with E-state index in [-0.39, 0.29) is 0 Å². The van der Waals surface area contributed by atoms with Crippen LogP contribution in [0.15, 0.2) is 47.6 Å². The van der Waals surface area contributed by atoms with E-state index in [1.807, 2.05) is 24.3 Å². The molecule has 0 aliphatic carbocycles. The van der Waals surface area contributed by atoms with Gasteiger partial charge in [0, 0.05) is 22.9 Å². The van der Waals surface area contributed by atoms with Crippen molar-refractivity contribution >= 4 is 22.5 Å². The van der Waals surface area contributed by atoms with Crippen LogP contribution in [0.3, 0.4) is 0 Å². The molecule has 0 N–H and O–H groups in total. The molecule has 14 heavy (non-hydrogen) atoms. The summed E-state index contributed by atoms with van der Waals surface area (Å²) in [7, 11) is 1.43. The SMILES string of the molecule is SSc1ccc(-c2ncccn2)cc1. The number of rotatable bonds is 2.